The number of hydrogen-bond acceptors (Lipinski definition) is 4. The SMILES string of the molecule is O=C(NCC(O)COc1cccc(C(F)(F)F)c1)c1sccc1Br. The molecule has 1 atom stereocenters. The van der Waals surface area contributed by atoms with Crippen molar-refractivity contribution in [3.8, 4) is 5.75 Å². The number of ether oxygens (including phenoxy) is 1. The molecule has 2 N–H and O–H groups in total. The third kappa shape index (κ3) is 5.22. The van der Waals surface area contributed by atoms with Gasteiger partial charge < -0.3 is 15.2 Å². The van der Waals surface area contributed by atoms with E-state index in [0.717, 1.165) is 12.1 Å². The van der Waals surface area contributed by atoms with Crippen LogP contribution in [0.1, 0.15) is 15.2 Å². The van der Waals surface area contributed by atoms with Crippen molar-refractivity contribution in [3.05, 3.63) is 50.6 Å². The zero-order chi connectivity index (χ0) is 17.7. The molecule has 24 heavy (non-hydrogen) atoms. The maximum atomic E-state index is 12.6. The zero-order valence-electron chi connectivity index (χ0n) is 12.1. The van der Waals surface area contributed by atoms with Crippen molar-refractivity contribution in [1.29, 1.82) is 0 Å². The van der Waals surface area contributed by atoms with Crippen LogP contribution in [0.2, 0.25) is 0 Å². The first-order valence-electron chi connectivity index (χ1n) is 6.76. The Hall–Kier alpha value is -1.58. The Morgan fingerprint density at radius 1 is 1.38 bits per heavy atom. The molecule has 0 aliphatic carbocycles. The fourth-order valence-corrected chi connectivity index (χ4v) is 3.23. The minimum atomic E-state index is -4.46. The van der Waals surface area contributed by atoms with Gasteiger partial charge in [-0.05, 0) is 45.6 Å². The monoisotopic (exact) mass is 423 g/mol. The van der Waals surface area contributed by atoms with Crippen LogP contribution in [-0.4, -0.2) is 30.3 Å². The molecule has 0 radical (unpaired) electrons. The quantitative estimate of drug-likeness (QED) is 0.744. The van der Waals surface area contributed by atoms with E-state index in [2.05, 4.69) is 21.2 Å². The molecule has 1 aromatic carbocycles. The number of hydrogen-bond donors (Lipinski definition) is 2. The maximum Gasteiger partial charge on any atom is 0.416 e. The average molecular weight is 424 g/mol. The molecule has 1 amide bonds. The molecule has 0 saturated carbocycles. The van der Waals surface area contributed by atoms with E-state index < -0.39 is 17.8 Å². The van der Waals surface area contributed by atoms with E-state index in [9.17, 15) is 23.1 Å². The molecule has 1 unspecified atom stereocenters. The Bertz CT molecular complexity index is 705. The molecule has 0 saturated heterocycles. The summed E-state index contributed by atoms with van der Waals surface area (Å²) in [6, 6.07) is 6.10. The predicted molar refractivity (Wildman–Crippen MR) is 87.3 cm³/mol. The third-order valence-corrected chi connectivity index (χ3v) is 4.76. The molecule has 4 nitrogen and oxygen atoms in total. The van der Waals surface area contributed by atoms with Crippen LogP contribution in [-0.2, 0) is 6.18 Å². The van der Waals surface area contributed by atoms with Gasteiger partial charge in [0.05, 0.1) is 5.56 Å². The van der Waals surface area contributed by atoms with Crippen molar-refractivity contribution < 1.29 is 27.8 Å². The fourth-order valence-electron chi connectivity index (χ4n) is 1.76. The Morgan fingerprint density at radius 2 is 2.12 bits per heavy atom. The van der Waals surface area contributed by atoms with Crippen LogP contribution in [0.15, 0.2) is 40.2 Å². The van der Waals surface area contributed by atoms with Crippen molar-refractivity contribution >= 4 is 33.2 Å². The smallest absolute Gasteiger partial charge is 0.416 e. The molecular formula is C15H13BrF3NO3S. The van der Waals surface area contributed by atoms with Gasteiger partial charge in [0.1, 0.15) is 23.3 Å². The first-order chi connectivity index (χ1) is 11.3. The van der Waals surface area contributed by atoms with E-state index in [-0.39, 0.29) is 24.8 Å². The highest BCUT2D eigenvalue weighted by Crippen LogP contribution is 2.31. The van der Waals surface area contributed by atoms with Crippen molar-refractivity contribution in [2.24, 2.45) is 0 Å². The highest BCUT2D eigenvalue weighted by molar-refractivity contribution is 9.10. The Labute approximate surface area is 148 Å². The molecule has 2 rings (SSSR count). The molecule has 0 bridgehead atoms. The van der Waals surface area contributed by atoms with Crippen molar-refractivity contribution in [2.45, 2.75) is 12.3 Å². The van der Waals surface area contributed by atoms with Crippen molar-refractivity contribution in [3.63, 3.8) is 0 Å². The molecule has 1 heterocycles. The summed E-state index contributed by atoms with van der Waals surface area (Å²) in [5, 5.41) is 14.1. The number of alkyl halides is 3. The number of benzene rings is 1. The van der Waals surface area contributed by atoms with E-state index in [1.165, 1.54) is 23.5 Å². The number of nitrogens with one attached hydrogen (secondary N) is 1. The van der Waals surface area contributed by atoms with Crippen LogP contribution in [0.5, 0.6) is 5.75 Å². The molecule has 0 aliphatic rings. The summed E-state index contributed by atoms with van der Waals surface area (Å²) in [6.45, 7) is -0.324. The lowest BCUT2D eigenvalue weighted by Crippen LogP contribution is -2.35. The van der Waals surface area contributed by atoms with Gasteiger partial charge in [0, 0.05) is 11.0 Å². The van der Waals surface area contributed by atoms with Crippen LogP contribution in [0, 0.1) is 0 Å². The third-order valence-electron chi connectivity index (χ3n) is 2.93. The molecular weight excluding hydrogens is 411 g/mol. The fraction of sp³-hybridized carbons (Fsp3) is 0.267. The summed E-state index contributed by atoms with van der Waals surface area (Å²) < 4.78 is 43.6. The number of aliphatic hydroxyl groups is 1. The molecule has 0 spiro atoms. The van der Waals surface area contributed by atoms with Crippen LogP contribution in [0.3, 0.4) is 0 Å². The van der Waals surface area contributed by atoms with Crippen LogP contribution in [0.4, 0.5) is 13.2 Å². The minimum Gasteiger partial charge on any atom is -0.491 e. The maximum absolute atomic E-state index is 12.6. The number of amides is 1. The summed E-state index contributed by atoms with van der Waals surface area (Å²) in [7, 11) is 0. The van der Waals surface area contributed by atoms with Gasteiger partial charge in [-0.15, -0.1) is 11.3 Å². The summed E-state index contributed by atoms with van der Waals surface area (Å²) in [6.07, 6.45) is -5.51. The van der Waals surface area contributed by atoms with E-state index >= 15 is 0 Å². The number of aliphatic hydroxyl groups excluding tert-OH is 1. The zero-order valence-corrected chi connectivity index (χ0v) is 14.5. The minimum absolute atomic E-state index is 0.00352. The summed E-state index contributed by atoms with van der Waals surface area (Å²) in [5.41, 5.74) is -0.828. The van der Waals surface area contributed by atoms with Crippen molar-refractivity contribution in [1.82, 2.24) is 5.32 Å². The predicted octanol–water partition coefficient (Wildman–Crippen LogP) is 3.70. The summed E-state index contributed by atoms with van der Waals surface area (Å²) in [4.78, 5) is 12.3. The summed E-state index contributed by atoms with van der Waals surface area (Å²) >= 11 is 4.47. The molecule has 0 fully saturated rings. The number of carbonyl (C=O) groups is 1. The van der Waals surface area contributed by atoms with Gasteiger partial charge in [-0.3, -0.25) is 4.79 Å². The van der Waals surface area contributed by atoms with Gasteiger partial charge in [0.25, 0.3) is 5.91 Å². The van der Waals surface area contributed by atoms with E-state index in [0.29, 0.717) is 9.35 Å². The Balaban J connectivity index is 1.82. The number of rotatable bonds is 6. The van der Waals surface area contributed by atoms with Crippen molar-refractivity contribution in [2.75, 3.05) is 13.2 Å². The molecule has 9 heteroatoms. The number of halogens is 4. The van der Waals surface area contributed by atoms with Gasteiger partial charge in [-0.25, -0.2) is 0 Å². The van der Waals surface area contributed by atoms with Crippen LogP contribution < -0.4 is 10.1 Å². The molecule has 1 aromatic heterocycles. The van der Waals surface area contributed by atoms with Crippen LogP contribution >= 0.6 is 27.3 Å². The van der Waals surface area contributed by atoms with E-state index in [4.69, 9.17) is 4.74 Å². The lowest BCUT2D eigenvalue weighted by atomic mass is 10.2. The largest absolute Gasteiger partial charge is 0.491 e. The lowest BCUT2D eigenvalue weighted by Gasteiger charge is -2.14. The highest BCUT2D eigenvalue weighted by atomic mass is 79.9. The second-order valence-electron chi connectivity index (χ2n) is 4.80. The van der Waals surface area contributed by atoms with Gasteiger partial charge in [-0.2, -0.15) is 13.2 Å². The second-order valence-corrected chi connectivity index (χ2v) is 6.57. The standard InChI is InChI=1S/C15H13BrF3NO3S/c16-12-4-5-24-13(12)14(22)20-7-10(21)8-23-11-3-1-2-9(6-11)15(17,18)19/h1-6,10,21H,7-8H2,(H,20,22). The first-order valence-corrected chi connectivity index (χ1v) is 8.44. The summed E-state index contributed by atoms with van der Waals surface area (Å²) in [5.74, 6) is -0.355. The topological polar surface area (TPSA) is 58.6 Å². The highest BCUT2D eigenvalue weighted by Gasteiger charge is 2.30. The van der Waals surface area contributed by atoms with Gasteiger partial charge in [-0.1, -0.05) is 6.07 Å². The van der Waals surface area contributed by atoms with Gasteiger partial charge >= 0.3 is 6.18 Å². The van der Waals surface area contributed by atoms with Gasteiger partial charge in [0.2, 0.25) is 0 Å². The normalized spacial score (nSPS) is 12.7. The second kappa shape index (κ2) is 8.00. The average Bonchev–Trinajstić information content (AvgIpc) is 2.96. The van der Waals surface area contributed by atoms with E-state index in [1.807, 2.05) is 0 Å². The van der Waals surface area contributed by atoms with Crippen LogP contribution in [0.25, 0.3) is 0 Å². The Kier molecular flexibility index (Phi) is 6.25. The van der Waals surface area contributed by atoms with Gasteiger partial charge in [0.15, 0.2) is 0 Å². The first kappa shape index (κ1) is 18.8. The number of thiophene rings is 1. The molecule has 2 aromatic rings. The Morgan fingerprint density at radius 3 is 2.75 bits per heavy atom. The molecule has 130 valence electrons. The van der Waals surface area contributed by atoms with E-state index in [1.54, 1.807) is 11.4 Å². The lowest BCUT2D eigenvalue weighted by molar-refractivity contribution is -0.137. The molecule has 0 aliphatic heterocycles. The number of carbonyl (C=O) groups excluding carboxylic acids is 1.